The zero-order valence-electron chi connectivity index (χ0n) is 17.8. The molecule has 2 amide bonds. The summed E-state index contributed by atoms with van der Waals surface area (Å²) in [6, 6.07) is 11.6. The minimum Gasteiger partial charge on any atom is -0.364 e. The second kappa shape index (κ2) is 8.59. The van der Waals surface area contributed by atoms with Gasteiger partial charge in [-0.15, -0.1) is 0 Å². The molecule has 1 atom stereocenters. The van der Waals surface area contributed by atoms with Crippen molar-refractivity contribution in [3.05, 3.63) is 69.8 Å². The van der Waals surface area contributed by atoms with E-state index in [1.807, 2.05) is 50.2 Å². The minimum atomic E-state index is -0.162. The van der Waals surface area contributed by atoms with Gasteiger partial charge < -0.3 is 20.9 Å². The fourth-order valence-electron chi connectivity index (χ4n) is 3.14. The predicted molar refractivity (Wildman–Crippen MR) is 121 cm³/mol. The fraction of sp³-hybridized carbons (Fsp3) is 0.304. The molecule has 0 spiro atoms. The average Bonchev–Trinajstić information content (AvgIpc) is 3.56. The van der Waals surface area contributed by atoms with Gasteiger partial charge in [-0.25, -0.2) is 14.8 Å². The number of nitrogens with one attached hydrogen (secondary N) is 4. The molecule has 1 aliphatic carbocycles. The SMILES string of the molecule is Cc1nc(-c2ccc(NC(C)c3ccc(NC(=O)NC4CC4)cc3)nc2)[nH]c(=O)c1C. The molecule has 8 nitrogen and oxygen atoms in total. The first-order valence-corrected chi connectivity index (χ1v) is 10.4. The van der Waals surface area contributed by atoms with E-state index >= 15 is 0 Å². The molecule has 160 valence electrons. The Morgan fingerprint density at radius 3 is 2.48 bits per heavy atom. The monoisotopic (exact) mass is 418 g/mol. The molecule has 3 aromatic rings. The molecule has 1 unspecified atom stereocenters. The van der Waals surface area contributed by atoms with Crippen LogP contribution in [0, 0.1) is 13.8 Å². The fourth-order valence-corrected chi connectivity index (χ4v) is 3.14. The van der Waals surface area contributed by atoms with Crippen molar-refractivity contribution in [1.82, 2.24) is 20.3 Å². The number of aromatic amines is 1. The summed E-state index contributed by atoms with van der Waals surface area (Å²) in [6.07, 6.45) is 3.81. The largest absolute Gasteiger partial charge is 0.364 e. The van der Waals surface area contributed by atoms with E-state index in [2.05, 4.69) is 30.9 Å². The van der Waals surface area contributed by atoms with Crippen LogP contribution >= 0.6 is 0 Å². The number of hydrogen-bond donors (Lipinski definition) is 4. The van der Waals surface area contributed by atoms with Gasteiger partial charge in [0.2, 0.25) is 0 Å². The second-order valence-corrected chi connectivity index (χ2v) is 7.92. The molecule has 0 aliphatic heterocycles. The van der Waals surface area contributed by atoms with Gasteiger partial charge in [0.25, 0.3) is 5.56 Å². The van der Waals surface area contributed by atoms with Crippen molar-refractivity contribution in [3.63, 3.8) is 0 Å². The van der Waals surface area contributed by atoms with Crippen LogP contribution in [0.5, 0.6) is 0 Å². The van der Waals surface area contributed by atoms with E-state index in [4.69, 9.17) is 0 Å². The summed E-state index contributed by atoms with van der Waals surface area (Å²) in [5.41, 5.74) is 3.76. The quantitative estimate of drug-likeness (QED) is 0.485. The number of benzene rings is 1. The van der Waals surface area contributed by atoms with E-state index in [0.717, 1.165) is 29.7 Å². The number of anilines is 2. The summed E-state index contributed by atoms with van der Waals surface area (Å²) >= 11 is 0. The Labute approximate surface area is 180 Å². The Kier molecular flexibility index (Phi) is 5.70. The number of pyridine rings is 1. The molecule has 0 saturated heterocycles. The number of H-pyrrole nitrogens is 1. The Morgan fingerprint density at radius 2 is 1.87 bits per heavy atom. The molecule has 1 aromatic carbocycles. The maximum absolute atomic E-state index is 12.0. The third kappa shape index (κ3) is 5.09. The van der Waals surface area contributed by atoms with Gasteiger partial charge in [0.05, 0.1) is 0 Å². The van der Waals surface area contributed by atoms with E-state index < -0.39 is 0 Å². The Bertz CT molecular complexity index is 1130. The topological polar surface area (TPSA) is 112 Å². The third-order valence-corrected chi connectivity index (χ3v) is 5.38. The van der Waals surface area contributed by atoms with Crippen molar-refractivity contribution >= 4 is 17.5 Å². The van der Waals surface area contributed by atoms with Gasteiger partial charge in [-0.3, -0.25) is 4.79 Å². The van der Waals surface area contributed by atoms with Crippen molar-refractivity contribution in [2.45, 2.75) is 45.7 Å². The molecular weight excluding hydrogens is 392 g/mol. The maximum atomic E-state index is 12.0. The zero-order valence-corrected chi connectivity index (χ0v) is 17.8. The van der Waals surface area contributed by atoms with Crippen molar-refractivity contribution in [1.29, 1.82) is 0 Å². The summed E-state index contributed by atoms with van der Waals surface area (Å²) in [5, 5.41) is 9.11. The van der Waals surface area contributed by atoms with Crippen molar-refractivity contribution in [2.75, 3.05) is 10.6 Å². The summed E-state index contributed by atoms with van der Waals surface area (Å²) in [6.45, 7) is 5.61. The highest BCUT2D eigenvalue weighted by atomic mass is 16.2. The van der Waals surface area contributed by atoms with Crippen LogP contribution in [0.15, 0.2) is 47.4 Å². The van der Waals surface area contributed by atoms with E-state index in [-0.39, 0.29) is 17.6 Å². The Hall–Kier alpha value is -3.68. The van der Waals surface area contributed by atoms with E-state index in [1.54, 1.807) is 13.1 Å². The van der Waals surface area contributed by atoms with Gasteiger partial charge in [0.1, 0.15) is 11.6 Å². The first kappa shape index (κ1) is 20.6. The van der Waals surface area contributed by atoms with Gasteiger partial charge in [0.15, 0.2) is 0 Å². The predicted octanol–water partition coefficient (Wildman–Crippen LogP) is 3.91. The first-order chi connectivity index (χ1) is 14.9. The number of nitrogens with zero attached hydrogens (tertiary/aromatic N) is 2. The number of amides is 2. The molecular formula is C23H26N6O2. The molecule has 1 fully saturated rings. The summed E-state index contributed by atoms with van der Waals surface area (Å²) in [7, 11) is 0. The van der Waals surface area contributed by atoms with Crippen LogP contribution in [0.2, 0.25) is 0 Å². The summed E-state index contributed by atoms with van der Waals surface area (Å²) in [5.74, 6) is 1.22. The lowest BCUT2D eigenvalue weighted by Crippen LogP contribution is -2.30. The van der Waals surface area contributed by atoms with Crippen molar-refractivity contribution in [3.8, 4) is 11.4 Å². The summed E-state index contributed by atoms with van der Waals surface area (Å²) in [4.78, 5) is 35.5. The molecule has 1 saturated carbocycles. The van der Waals surface area contributed by atoms with Crippen LogP contribution in [0.3, 0.4) is 0 Å². The van der Waals surface area contributed by atoms with Gasteiger partial charge in [-0.05, 0) is 63.4 Å². The van der Waals surface area contributed by atoms with E-state index in [1.165, 1.54) is 0 Å². The molecule has 2 heterocycles. The number of urea groups is 1. The molecule has 2 aromatic heterocycles. The lowest BCUT2D eigenvalue weighted by molar-refractivity contribution is 0.251. The van der Waals surface area contributed by atoms with Crippen molar-refractivity contribution in [2.24, 2.45) is 0 Å². The third-order valence-electron chi connectivity index (χ3n) is 5.38. The first-order valence-electron chi connectivity index (χ1n) is 10.4. The number of carbonyl (C=O) groups excluding carboxylic acids is 1. The lowest BCUT2D eigenvalue weighted by Gasteiger charge is -2.16. The number of aromatic nitrogens is 3. The van der Waals surface area contributed by atoms with Crippen molar-refractivity contribution < 1.29 is 4.79 Å². The molecule has 4 rings (SSSR count). The van der Waals surface area contributed by atoms with Crippen LogP contribution < -0.4 is 21.5 Å². The van der Waals surface area contributed by atoms with Crippen LogP contribution in [0.4, 0.5) is 16.3 Å². The van der Waals surface area contributed by atoms with Gasteiger partial charge in [0, 0.05) is 40.8 Å². The highest BCUT2D eigenvalue weighted by Gasteiger charge is 2.23. The number of aryl methyl sites for hydroxylation is 1. The highest BCUT2D eigenvalue weighted by Crippen LogP contribution is 2.22. The normalized spacial score (nSPS) is 14.0. The molecule has 31 heavy (non-hydrogen) atoms. The van der Waals surface area contributed by atoms with Gasteiger partial charge >= 0.3 is 6.03 Å². The standard InChI is InChI=1S/C23H26N6O2/c1-13-14(2)26-21(29-22(13)30)17-6-11-20(24-12-17)25-15(3)16-4-7-18(8-5-16)27-23(31)28-19-9-10-19/h4-8,11-12,15,19H,9-10H2,1-3H3,(H,24,25)(H,26,29,30)(H2,27,28,31). The highest BCUT2D eigenvalue weighted by molar-refractivity contribution is 5.89. The Balaban J connectivity index is 1.38. The number of carbonyl (C=O) groups is 1. The van der Waals surface area contributed by atoms with E-state index in [9.17, 15) is 9.59 Å². The van der Waals surface area contributed by atoms with Gasteiger partial charge in [-0.1, -0.05) is 12.1 Å². The second-order valence-electron chi connectivity index (χ2n) is 7.92. The van der Waals surface area contributed by atoms with Crippen LogP contribution in [0.25, 0.3) is 11.4 Å². The molecule has 8 heteroatoms. The maximum Gasteiger partial charge on any atom is 0.319 e. The molecule has 0 radical (unpaired) electrons. The molecule has 4 N–H and O–H groups in total. The van der Waals surface area contributed by atoms with Crippen LogP contribution in [-0.2, 0) is 0 Å². The van der Waals surface area contributed by atoms with E-state index in [0.29, 0.717) is 28.9 Å². The number of rotatable bonds is 6. The molecule has 1 aliphatic rings. The Morgan fingerprint density at radius 1 is 1.13 bits per heavy atom. The smallest absolute Gasteiger partial charge is 0.319 e. The minimum absolute atomic E-state index is 0.0206. The van der Waals surface area contributed by atoms with Crippen LogP contribution in [-0.4, -0.2) is 27.0 Å². The number of hydrogen-bond acceptors (Lipinski definition) is 5. The average molecular weight is 419 g/mol. The zero-order chi connectivity index (χ0) is 22.0. The van der Waals surface area contributed by atoms with Gasteiger partial charge in [-0.2, -0.15) is 0 Å². The lowest BCUT2D eigenvalue weighted by atomic mass is 10.1. The molecule has 0 bridgehead atoms. The van der Waals surface area contributed by atoms with Crippen LogP contribution in [0.1, 0.15) is 42.6 Å². The summed E-state index contributed by atoms with van der Waals surface area (Å²) < 4.78 is 0.